The number of carbonyl (C=O) groups is 2. The first-order valence-corrected chi connectivity index (χ1v) is 11.1. The molecule has 1 aromatic heterocycles. The second kappa shape index (κ2) is 8.73. The summed E-state index contributed by atoms with van der Waals surface area (Å²) in [6.07, 6.45) is 1.74. The van der Waals surface area contributed by atoms with E-state index in [1.165, 1.54) is 28.0 Å². The van der Waals surface area contributed by atoms with Crippen molar-refractivity contribution in [2.75, 3.05) is 19.0 Å². The predicted octanol–water partition coefficient (Wildman–Crippen LogP) is 4.80. The van der Waals surface area contributed by atoms with Gasteiger partial charge in [0, 0.05) is 5.02 Å². The minimum atomic E-state index is -0.373. The van der Waals surface area contributed by atoms with Crippen molar-refractivity contribution in [1.29, 1.82) is 0 Å². The van der Waals surface area contributed by atoms with Crippen LogP contribution in [0.4, 0.5) is 5.13 Å². The van der Waals surface area contributed by atoms with Gasteiger partial charge < -0.3 is 10.1 Å². The van der Waals surface area contributed by atoms with Gasteiger partial charge in [0.05, 0.1) is 22.2 Å². The van der Waals surface area contributed by atoms with Crippen molar-refractivity contribution in [3.63, 3.8) is 0 Å². The predicted molar refractivity (Wildman–Crippen MR) is 126 cm³/mol. The van der Waals surface area contributed by atoms with Gasteiger partial charge in [0.25, 0.3) is 5.91 Å². The summed E-state index contributed by atoms with van der Waals surface area (Å²) in [5, 5.41) is 3.77. The molecule has 0 unspecified atom stereocenters. The Morgan fingerprint density at radius 3 is 2.80 bits per heavy atom. The lowest BCUT2D eigenvalue weighted by molar-refractivity contribution is -0.126. The van der Waals surface area contributed by atoms with E-state index in [4.69, 9.17) is 28.6 Å². The molecule has 0 bridgehead atoms. The number of methoxy groups -OCH3 is 1. The first kappa shape index (κ1) is 20.8. The SMILES string of the molecule is COc1ccc(/C=C2\SC(=S)N(CC(=O)Nc3nc4ccc(Cl)cc4s3)C2=O)cc1. The molecular weight excluding hydrogens is 462 g/mol. The first-order chi connectivity index (χ1) is 14.4. The third-order valence-corrected chi connectivity index (χ3v) is 6.73. The number of hydrogen-bond donors (Lipinski definition) is 1. The molecule has 2 amide bonds. The van der Waals surface area contributed by atoms with Gasteiger partial charge in [-0.2, -0.15) is 0 Å². The number of aromatic nitrogens is 1. The van der Waals surface area contributed by atoms with Crippen LogP contribution in [0.1, 0.15) is 5.56 Å². The highest BCUT2D eigenvalue weighted by molar-refractivity contribution is 8.26. The van der Waals surface area contributed by atoms with Crippen LogP contribution in [-0.4, -0.2) is 39.7 Å². The van der Waals surface area contributed by atoms with E-state index >= 15 is 0 Å². The van der Waals surface area contributed by atoms with Crippen molar-refractivity contribution in [3.05, 3.63) is 58.0 Å². The number of amides is 2. The van der Waals surface area contributed by atoms with Crippen LogP contribution < -0.4 is 10.1 Å². The van der Waals surface area contributed by atoms with Gasteiger partial charge in [0.1, 0.15) is 16.6 Å². The molecule has 2 aromatic carbocycles. The van der Waals surface area contributed by atoms with Crippen molar-refractivity contribution < 1.29 is 14.3 Å². The number of carbonyl (C=O) groups excluding carboxylic acids is 2. The van der Waals surface area contributed by atoms with E-state index < -0.39 is 0 Å². The summed E-state index contributed by atoms with van der Waals surface area (Å²) in [4.78, 5) is 31.3. The van der Waals surface area contributed by atoms with Crippen molar-refractivity contribution in [3.8, 4) is 5.75 Å². The van der Waals surface area contributed by atoms with Crippen molar-refractivity contribution in [2.24, 2.45) is 0 Å². The highest BCUT2D eigenvalue weighted by Gasteiger charge is 2.33. The molecule has 1 N–H and O–H groups in total. The largest absolute Gasteiger partial charge is 0.497 e. The Bertz CT molecular complexity index is 1190. The maximum absolute atomic E-state index is 12.7. The van der Waals surface area contributed by atoms with E-state index in [-0.39, 0.29) is 18.4 Å². The van der Waals surface area contributed by atoms with Gasteiger partial charge in [-0.15, -0.1) is 0 Å². The van der Waals surface area contributed by atoms with Crippen molar-refractivity contribution >= 4 is 84.5 Å². The average molecular weight is 476 g/mol. The minimum Gasteiger partial charge on any atom is -0.497 e. The van der Waals surface area contributed by atoms with Gasteiger partial charge >= 0.3 is 0 Å². The summed E-state index contributed by atoms with van der Waals surface area (Å²) in [6, 6.07) is 12.6. The smallest absolute Gasteiger partial charge is 0.266 e. The number of rotatable bonds is 5. The molecule has 0 saturated carbocycles. The van der Waals surface area contributed by atoms with Crippen LogP contribution in [0.15, 0.2) is 47.4 Å². The number of nitrogens with zero attached hydrogens (tertiary/aromatic N) is 2. The lowest BCUT2D eigenvalue weighted by Gasteiger charge is -2.13. The average Bonchev–Trinajstić information content (AvgIpc) is 3.23. The van der Waals surface area contributed by atoms with E-state index in [0.717, 1.165) is 21.5 Å². The molecule has 0 spiro atoms. The number of halogens is 1. The molecule has 0 atom stereocenters. The third kappa shape index (κ3) is 4.49. The van der Waals surface area contributed by atoms with E-state index in [0.29, 0.717) is 19.4 Å². The number of ether oxygens (including phenoxy) is 1. The Hall–Kier alpha value is -2.46. The number of benzene rings is 2. The van der Waals surface area contributed by atoms with E-state index in [1.807, 2.05) is 24.3 Å². The third-order valence-electron chi connectivity index (χ3n) is 4.19. The summed E-state index contributed by atoms with van der Waals surface area (Å²) in [6.45, 7) is -0.179. The standard InChI is InChI=1S/C20H14ClN3O3S3/c1-27-13-5-2-11(3-6-13)8-16-18(26)24(20(28)30-16)10-17(25)23-19-22-14-7-4-12(21)9-15(14)29-19/h2-9H,10H2,1H3,(H,22,23,25)/b16-8-. The molecule has 6 nitrogen and oxygen atoms in total. The van der Waals surface area contributed by atoms with Gasteiger partial charge in [0.2, 0.25) is 5.91 Å². The Labute approximate surface area is 190 Å². The zero-order valence-electron chi connectivity index (χ0n) is 15.5. The van der Waals surface area contributed by atoms with Crippen molar-refractivity contribution in [1.82, 2.24) is 9.88 Å². The quantitative estimate of drug-likeness (QED) is 0.422. The Morgan fingerprint density at radius 2 is 2.07 bits per heavy atom. The maximum atomic E-state index is 12.7. The van der Waals surface area contributed by atoms with E-state index in [9.17, 15) is 9.59 Å². The van der Waals surface area contributed by atoms with Gasteiger partial charge in [-0.25, -0.2) is 4.98 Å². The van der Waals surface area contributed by atoms with Gasteiger partial charge in [-0.1, -0.05) is 59.1 Å². The molecule has 30 heavy (non-hydrogen) atoms. The molecule has 2 heterocycles. The molecule has 10 heteroatoms. The Morgan fingerprint density at radius 1 is 1.30 bits per heavy atom. The van der Waals surface area contributed by atoms with Gasteiger partial charge in [0.15, 0.2) is 5.13 Å². The van der Waals surface area contributed by atoms with Crippen LogP contribution in [0.25, 0.3) is 16.3 Å². The lowest BCUT2D eigenvalue weighted by atomic mass is 10.2. The highest BCUT2D eigenvalue weighted by Crippen LogP contribution is 2.33. The Kier molecular flexibility index (Phi) is 6.05. The topological polar surface area (TPSA) is 71.5 Å². The molecule has 0 aliphatic carbocycles. The normalized spacial score (nSPS) is 15.3. The molecular formula is C20H14ClN3O3S3. The number of fused-ring (bicyclic) bond motifs is 1. The monoisotopic (exact) mass is 475 g/mol. The highest BCUT2D eigenvalue weighted by atomic mass is 35.5. The summed E-state index contributed by atoms with van der Waals surface area (Å²) in [7, 11) is 1.59. The maximum Gasteiger partial charge on any atom is 0.266 e. The number of hydrogen-bond acceptors (Lipinski definition) is 7. The lowest BCUT2D eigenvalue weighted by Crippen LogP contribution is -2.36. The van der Waals surface area contributed by atoms with Gasteiger partial charge in [-0.05, 0) is 42.0 Å². The fraction of sp³-hybridized carbons (Fsp3) is 0.100. The fourth-order valence-electron chi connectivity index (χ4n) is 2.74. The molecule has 1 aliphatic rings. The van der Waals surface area contributed by atoms with Crippen LogP contribution in [0, 0.1) is 0 Å². The molecule has 1 fully saturated rings. The molecule has 1 aliphatic heterocycles. The van der Waals surface area contributed by atoms with Crippen LogP contribution in [0.2, 0.25) is 5.02 Å². The molecule has 1 saturated heterocycles. The number of thiocarbonyl (C=S) groups is 1. The molecule has 4 rings (SSSR count). The Balaban J connectivity index is 1.44. The van der Waals surface area contributed by atoms with Gasteiger partial charge in [-0.3, -0.25) is 14.5 Å². The second-order valence-corrected chi connectivity index (χ2v) is 9.36. The number of thiazole rings is 1. The van der Waals surface area contributed by atoms with Crippen LogP contribution in [0.5, 0.6) is 5.75 Å². The first-order valence-electron chi connectivity index (χ1n) is 8.68. The molecule has 3 aromatic rings. The molecule has 0 radical (unpaired) electrons. The van der Waals surface area contributed by atoms with Crippen LogP contribution in [-0.2, 0) is 9.59 Å². The van der Waals surface area contributed by atoms with E-state index in [2.05, 4.69) is 10.3 Å². The zero-order valence-corrected chi connectivity index (χ0v) is 18.8. The summed E-state index contributed by atoms with van der Waals surface area (Å²) in [5.74, 6) is 0.0580. The van der Waals surface area contributed by atoms with E-state index in [1.54, 1.807) is 31.4 Å². The minimum absolute atomic E-state index is 0.179. The van der Waals surface area contributed by atoms with Crippen LogP contribution >= 0.6 is 46.9 Å². The summed E-state index contributed by atoms with van der Waals surface area (Å²) in [5.41, 5.74) is 1.58. The number of nitrogens with one attached hydrogen (secondary N) is 1. The fourth-order valence-corrected chi connectivity index (χ4v) is 5.16. The summed E-state index contributed by atoms with van der Waals surface area (Å²) >= 11 is 13.8. The second-order valence-electron chi connectivity index (χ2n) is 6.22. The number of anilines is 1. The number of thioether (sulfide) groups is 1. The zero-order chi connectivity index (χ0) is 21.3. The van der Waals surface area contributed by atoms with Crippen LogP contribution in [0.3, 0.4) is 0 Å². The van der Waals surface area contributed by atoms with Crippen molar-refractivity contribution in [2.45, 2.75) is 0 Å². The summed E-state index contributed by atoms with van der Waals surface area (Å²) < 4.78 is 6.34. The molecule has 152 valence electrons.